The minimum atomic E-state index is -2.65. The first kappa shape index (κ1) is 25.3. The van der Waals surface area contributed by atoms with Gasteiger partial charge in [-0.2, -0.15) is 0 Å². The zero-order valence-electron chi connectivity index (χ0n) is 20.6. The van der Waals surface area contributed by atoms with E-state index in [9.17, 15) is 34.5 Å². The number of phenolic OH excluding ortho intramolecular Hbond substituents is 1. The Hall–Kier alpha value is -2.82. The monoisotopic (exact) mass is 487 g/mol. The molecule has 3 aliphatic rings. The fourth-order valence-corrected chi connectivity index (χ4v) is 6.59. The summed E-state index contributed by atoms with van der Waals surface area (Å²) in [6.07, 6.45) is -0.677. The van der Waals surface area contributed by atoms with Crippen molar-refractivity contribution in [3.63, 3.8) is 0 Å². The minimum Gasteiger partial charge on any atom is -0.507 e. The van der Waals surface area contributed by atoms with E-state index in [0.29, 0.717) is 17.5 Å². The van der Waals surface area contributed by atoms with Gasteiger partial charge in [0, 0.05) is 31.7 Å². The van der Waals surface area contributed by atoms with Gasteiger partial charge in [-0.3, -0.25) is 19.2 Å². The normalized spacial score (nSPS) is 34.3. The number of rotatable bonds is 4. The third-order valence-electron chi connectivity index (χ3n) is 8.21. The molecule has 190 valence electrons. The number of fused-ring (bicyclic) bond motifs is 3. The Balaban J connectivity index is 1.90. The highest BCUT2D eigenvalue weighted by molar-refractivity contribution is 6.25. The van der Waals surface area contributed by atoms with Crippen LogP contribution in [0.25, 0.3) is 0 Å². The summed E-state index contributed by atoms with van der Waals surface area (Å²) in [5.74, 6) is -8.85. The van der Waals surface area contributed by atoms with E-state index in [0.717, 1.165) is 5.69 Å². The van der Waals surface area contributed by atoms with Gasteiger partial charge in [0.2, 0.25) is 5.91 Å². The van der Waals surface area contributed by atoms with Crippen LogP contribution in [-0.4, -0.2) is 89.4 Å². The second-order valence-corrected chi connectivity index (χ2v) is 10.5. The summed E-state index contributed by atoms with van der Waals surface area (Å²) in [6.45, 7) is 1.84. The van der Waals surface area contributed by atoms with E-state index in [1.807, 2.05) is 32.0 Å². The van der Waals surface area contributed by atoms with Crippen molar-refractivity contribution in [2.45, 2.75) is 43.9 Å². The third-order valence-corrected chi connectivity index (χ3v) is 8.21. The van der Waals surface area contributed by atoms with Gasteiger partial charge in [-0.05, 0) is 56.5 Å². The summed E-state index contributed by atoms with van der Waals surface area (Å²) in [4.78, 5) is 56.4. The summed E-state index contributed by atoms with van der Waals surface area (Å²) in [5, 5.41) is 33.5. The van der Waals surface area contributed by atoms with Crippen LogP contribution in [0.2, 0.25) is 0 Å². The number of aromatic hydroxyl groups is 1. The molecule has 0 bridgehead atoms. The smallest absolute Gasteiger partial charge is 0.230 e. The number of amides is 1. The number of aryl methyl sites for hydroxylation is 1. The number of anilines is 1. The number of primary amides is 1. The Bertz CT molecular complexity index is 1130. The van der Waals surface area contributed by atoms with Crippen LogP contribution >= 0.6 is 0 Å². The SMILES string of the molecule is CCc1cc(N(C)C)c2c(c1O)C(=O)C1C(=O)[C@@]3(O)C(=O)C(C(N)=O)C(O)C(N(C)C)[C@H]3C[C@H]1C2. The van der Waals surface area contributed by atoms with Crippen LogP contribution in [0.15, 0.2) is 6.07 Å². The number of hydrogen-bond donors (Lipinski definition) is 4. The number of benzene rings is 1. The molecule has 4 unspecified atom stereocenters. The van der Waals surface area contributed by atoms with Gasteiger partial charge < -0.3 is 30.9 Å². The third kappa shape index (κ3) is 3.34. The van der Waals surface area contributed by atoms with Crippen molar-refractivity contribution in [1.29, 1.82) is 0 Å². The van der Waals surface area contributed by atoms with Crippen LogP contribution in [0.3, 0.4) is 0 Å². The lowest BCUT2D eigenvalue weighted by atomic mass is 9.52. The number of hydrogen-bond acceptors (Lipinski definition) is 9. The molecule has 35 heavy (non-hydrogen) atoms. The summed E-state index contributed by atoms with van der Waals surface area (Å²) in [5.41, 5.74) is 4.72. The molecular formula is C25H33N3O7. The van der Waals surface area contributed by atoms with Gasteiger partial charge in [-0.25, -0.2) is 0 Å². The molecule has 1 aromatic rings. The van der Waals surface area contributed by atoms with Gasteiger partial charge in [0.1, 0.15) is 11.7 Å². The Kier molecular flexibility index (Phi) is 6.06. The Labute approximate surface area is 203 Å². The van der Waals surface area contributed by atoms with Gasteiger partial charge >= 0.3 is 0 Å². The van der Waals surface area contributed by atoms with Crippen LogP contribution in [0.5, 0.6) is 5.75 Å². The second-order valence-electron chi connectivity index (χ2n) is 10.5. The number of phenols is 1. The maximum absolute atomic E-state index is 13.8. The molecule has 1 amide bonds. The molecule has 0 aliphatic heterocycles. The van der Waals surface area contributed by atoms with Crippen molar-refractivity contribution >= 4 is 28.9 Å². The first-order valence-electron chi connectivity index (χ1n) is 11.8. The summed E-state index contributed by atoms with van der Waals surface area (Å²) in [6, 6.07) is 0.914. The zero-order valence-corrected chi connectivity index (χ0v) is 20.6. The van der Waals surface area contributed by atoms with E-state index in [4.69, 9.17) is 5.73 Å². The van der Waals surface area contributed by atoms with Gasteiger partial charge in [-0.15, -0.1) is 0 Å². The summed E-state index contributed by atoms with van der Waals surface area (Å²) in [7, 11) is 6.90. The quantitative estimate of drug-likeness (QED) is 0.402. The summed E-state index contributed by atoms with van der Waals surface area (Å²) < 4.78 is 0. The lowest BCUT2D eigenvalue weighted by Crippen LogP contribution is -2.75. The van der Waals surface area contributed by atoms with Crippen LogP contribution in [-0.2, 0) is 27.2 Å². The maximum Gasteiger partial charge on any atom is 0.230 e. The number of ketones is 3. The number of carbonyl (C=O) groups is 4. The van der Waals surface area contributed by atoms with E-state index in [2.05, 4.69) is 0 Å². The molecule has 2 fully saturated rings. The summed E-state index contributed by atoms with van der Waals surface area (Å²) >= 11 is 0. The minimum absolute atomic E-state index is 0.0450. The van der Waals surface area contributed by atoms with Crippen molar-refractivity contribution in [2.75, 3.05) is 33.1 Å². The predicted molar refractivity (Wildman–Crippen MR) is 126 cm³/mol. The number of carbonyl (C=O) groups excluding carboxylic acids is 4. The first-order chi connectivity index (χ1) is 16.3. The number of nitrogens with zero attached hydrogens (tertiary/aromatic N) is 2. The second kappa shape index (κ2) is 8.39. The topological polar surface area (TPSA) is 161 Å². The van der Waals surface area contributed by atoms with Crippen LogP contribution in [0, 0.1) is 23.7 Å². The fourth-order valence-electron chi connectivity index (χ4n) is 6.59. The van der Waals surface area contributed by atoms with Gasteiger partial charge in [0.15, 0.2) is 23.0 Å². The number of likely N-dealkylation sites (N-methyl/N-ethyl adjacent to an activating group) is 1. The van der Waals surface area contributed by atoms with Gasteiger partial charge in [0.05, 0.1) is 17.6 Å². The van der Waals surface area contributed by atoms with E-state index >= 15 is 0 Å². The molecule has 3 aliphatic carbocycles. The van der Waals surface area contributed by atoms with E-state index in [1.54, 1.807) is 19.0 Å². The number of Topliss-reactive ketones (excluding diaryl/α,β-unsaturated/α-hetero) is 3. The fraction of sp³-hybridized carbons (Fsp3) is 0.600. The average molecular weight is 488 g/mol. The molecule has 0 heterocycles. The van der Waals surface area contributed by atoms with Crippen LogP contribution in [0.1, 0.15) is 34.8 Å². The molecule has 0 saturated heterocycles. The largest absolute Gasteiger partial charge is 0.507 e. The van der Waals surface area contributed by atoms with E-state index < -0.39 is 64.7 Å². The maximum atomic E-state index is 13.8. The highest BCUT2D eigenvalue weighted by Crippen LogP contribution is 2.52. The lowest BCUT2D eigenvalue weighted by molar-refractivity contribution is -0.190. The van der Waals surface area contributed by atoms with Crippen LogP contribution < -0.4 is 10.6 Å². The molecule has 0 radical (unpaired) electrons. The molecule has 0 spiro atoms. The standard InChI is InChI=1S/C25H33N3O7/c1-6-10-9-14(27(2)3)12-7-11-8-13-18(28(4)5)21(31)17(24(26)34)23(33)25(13,35)22(32)15(11)20(30)16(12)19(10)29/h9,11,13,15,17-18,21,29,31,35H,6-8H2,1-5H3,(H2,26,34)/t11-,13-,15?,17?,18?,21?,25-/m1/s1. The Morgan fingerprint density at radius 2 is 1.80 bits per heavy atom. The van der Waals surface area contributed by atoms with Crippen molar-refractivity contribution in [3.8, 4) is 5.75 Å². The molecule has 4 rings (SSSR count). The van der Waals surface area contributed by atoms with E-state index in [-0.39, 0.29) is 24.2 Å². The molecule has 2 saturated carbocycles. The molecule has 1 aromatic carbocycles. The Morgan fingerprint density at radius 1 is 1.17 bits per heavy atom. The molecule has 5 N–H and O–H groups in total. The molecular weight excluding hydrogens is 454 g/mol. The van der Waals surface area contributed by atoms with Crippen LogP contribution in [0.4, 0.5) is 5.69 Å². The highest BCUT2D eigenvalue weighted by atomic mass is 16.3. The Morgan fingerprint density at radius 3 is 2.31 bits per heavy atom. The molecule has 0 aromatic heterocycles. The van der Waals surface area contributed by atoms with Crippen molar-refractivity contribution in [2.24, 2.45) is 29.4 Å². The molecule has 7 atom stereocenters. The average Bonchev–Trinajstić information content (AvgIpc) is 2.75. The van der Waals surface area contributed by atoms with Gasteiger partial charge in [-0.1, -0.05) is 6.92 Å². The molecule has 10 heteroatoms. The number of aliphatic hydroxyl groups excluding tert-OH is 1. The van der Waals surface area contributed by atoms with Crippen molar-refractivity contribution in [3.05, 3.63) is 22.8 Å². The highest BCUT2D eigenvalue weighted by Gasteiger charge is 2.69. The molecule has 10 nitrogen and oxygen atoms in total. The number of nitrogens with two attached hydrogens (primary N) is 1. The van der Waals surface area contributed by atoms with E-state index in [1.165, 1.54) is 0 Å². The van der Waals surface area contributed by atoms with Crippen molar-refractivity contribution in [1.82, 2.24) is 4.90 Å². The predicted octanol–water partition coefficient (Wildman–Crippen LogP) is -0.713. The lowest BCUT2D eigenvalue weighted by Gasteiger charge is -2.55. The van der Waals surface area contributed by atoms with Crippen molar-refractivity contribution < 1.29 is 34.5 Å². The first-order valence-corrected chi connectivity index (χ1v) is 11.8. The number of aliphatic hydroxyl groups is 2. The zero-order chi connectivity index (χ0) is 26.1. The van der Waals surface area contributed by atoms with Gasteiger partial charge in [0.25, 0.3) is 0 Å².